The average molecular weight is 415 g/mol. The molecule has 140 valence electrons. The van der Waals surface area contributed by atoms with E-state index < -0.39 is 22.0 Å². The van der Waals surface area contributed by atoms with Crippen molar-refractivity contribution in [3.63, 3.8) is 0 Å². The highest BCUT2D eigenvalue weighted by Gasteiger charge is 2.29. The summed E-state index contributed by atoms with van der Waals surface area (Å²) in [5.41, 5.74) is 2.88. The minimum absolute atomic E-state index is 0.208. The largest absolute Gasteiger partial charge is 0.324 e. The minimum atomic E-state index is -3.73. The van der Waals surface area contributed by atoms with E-state index in [4.69, 9.17) is 23.2 Å². The average Bonchev–Trinajstić information content (AvgIpc) is 2.48. The molecule has 0 spiro atoms. The van der Waals surface area contributed by atoms with E-state index in [1.54, 1.807) is 0 Å². The van der Waals surface area contributed by atoms with E-state index in [9.17, 15) is 13.2 Å². The van der Waals surface area contributed by atoms with Crippen LogP contribution in [0.25, 0.3) is 0 Å². The lowest BCUT2D eigenvalue weighted by molar-refractivity contribution is -0.116. The molecule has 0 saturated heterocycles. The summed E-state index contributed by atoms with van der Waals surface area (Å²) in [6.45, 7) is 5.36. The van der Waals surface area contributed by atoms with Crippen LogP contribution in [0.15, 0.2) is 36.4 Å². The standard InChI is InChI=1S/C18H20Cl2N2O3S/c1-11-7-12(2)9-14(8-11)21-18(23)13(3)22(26(4,24)25)15-5-6-16(19)17(20)10-15/h5-10,13H,1-4H3,(H,21,23)/t13-/m0/s1. The molecule has 2 aromatic rings. The molecule has 0 aliphatic rings. The van der Waals surface area contributed by atoms with Crippen molar-refractivity contribution in [1.82, 2.24) is 0 Å². The third-order valence-corrected chi connectivity index (χ3v) is 5.72. The quantitative estimate of drug-likeness (QED) is 0.787. The molecule has 0 unspecified atom stereocenters. The number of carbonyl (C=O) groups excluding carboxylic acids is 1. The van der Waals surface area contributed by atoms with Crippen molar-refractivity contribution in [2.24, 2.45) is 0 Å². The number of hydrogen-bond donors (Lipinski definition) is 1. The first-order valence-electron chi connectivity index (χ1n) is 7.82. The highest BCUT2D eigenvalue weighted by atomic mass is 35.5. The molecule has 1 N–H and O–H groups in total. The summed E-state index contributed by atoms with van der Waals surface area (Å²) >= 11 is 11.9. The molecular weight excluding hydrogens is 395 g/mol. The Bertz CT molecular complexity index is 925. The zero-order valence-electron chi connectivity index (χ0n) is 14.9. The molecule has 0 radical (unpaired) electrons. The smallest absolute Gasteiger partial charge is 0.247 e. The van der Waals surface area contributed by atoms with E-state index in [2.05, 4.69) is 5.32 Å². The molecule has 0 aliphatic carbocycles. The molecule has 0 fully saturated rings. The first-order valence-corrected chi connectivity index (χ1v) is 10.4. The van der Waals surface area contributed by atoms with E-state index in [1.165, 1.54) is 25.1 Å². The fraction of sp³-hybridized carbons (Fsp3) is 0.278. The van der Waals surface area contributed by atoms with E-state index in [0.717, 1.165) is 21.7 Å². The van der Waals surface area contributed by atoms with Crippen LogP contribution in [0.4, 0.5) is 11.4 Å². The highest BCUT2D eigenvalue weighted by Crippen LogP contribution is 2.30. The van der Waals surface area contributed by atoms with Gasteiger partial charge in [0, 0.05) is 5.69 Å². The van der Waals surface area contributed by atoms with Crippen LogP contribution >= 0.6 is 23.2 Å². The number of nitrogens with one attached hydrogen (secondary N) is 1. The predicted octanol–water partition coefficient (Wildman–Crippen LogP) is 4.40. The Morgan fingerprint density at radius 1 is 1.04 bits per heavy atom. The third kappa shape index (κ3) is 4.90. The molecule has 26 heavy (non-hydrogen) atoms. The van der Waals surface area contributed by atoms with Gasteiger partial charge in [-0.1, -0.05) is 29.3 Å². The second kappa shape index (κ2) is 7.86. The van der Waals surface area contributed by atoms with Gasteiger partial charge in [-0.3, -0.25) is 9.10 Å². The van der Waals surface area contributed by atoms with Crippen LogP contribution in [0.3, 0.4) is 0 Å². The summed E-state index contributed by atoms with van der Waals surface area (Å²) in [4.78, 5) is 12.7. The summed E-state index contributed by atoms with van der Waals surface area (Å²) < 4.78 is 25.6. The minimum Gasteiger partial charge on any atom is -0.324 e. The van der Waals surface area contributed by atoms with Gasteiger partial charge >= 0.3 is 0 Å². The Labute approximate surface area is 164 Å². The summed E-state index contributed by atoms with van der Waals surface area (Å²) in [5, 5.41) is 3.28. The van der Waals surface area contributed by atoms with Gasteiger partial charge in [-0.2, -0.15) is 0 Å². The second-order valence-electron chi connectivity index (χ2n) is 6.20. The molecule has 0 bridgehead atoms. The molecule has 1 amide bonds. The number of amides is 1. The van der Waals surface area contributed by atoms with Crippen LogP contribution in [0.1, 0.15) is 18.1 Å². The maximum Gasteiger partial charge on any atom is 0.247 e. The lowest BCUT2D eigenvalue weighted by Gasteiger charge is -2.28. The number of nitrogens with zero attached hydrogens (tertiary/aromatic N) is 1. The van der Waals surface area contributed by atoms with Crippen LogP contribution in [-0.2, 0) is 14.8 Å². The molecule has 1 atom stereocenters. The van der Waals surface area contributed by atoms with Crippen molar-refractivity contribution < 1.29 is 13.2 Å². The van der Waals surface area contributed by atoms with Crippen molar-refractivity contribution in [2.75, 3.05) is 15.9 Å². The summed E-state index contributed by atoms with van der Waals surface area (Å²) in [6, 6.07) is 9.07. The third-order valence-electron chi connectivity index (χ3n) is 3.74. The maximum absolute atomic E-state index is 12.7. The molecule has 2 rings (SSSR count). The van der Waals surface area contributed by atoms with Gasteiger partial charge < -0.3 is 5.32 Å². The number of rotatable bonds is 5. The van der Waals surface area contributed by atoms with Crippen molar-refractivity contribution in [3.8, 4) is 0 Å². The summed E-state index contributed by atoms with van der Waals surface area (Å²) in [7, 11) is -3.73. The first kappa shape index (κ1) is 20.6. The number of carbonyl (C=O) groups is 1. The summed E-state index contributed by atoms with van der Waals surface area (Å²) in [6.07, 6.45) is 1.04. The number of halogens is 2. The summed E-state index contributed by atoms with van der Waals surface area (Å²) in [5.74, 6) is -0.452. The van der Waals surface area contributed by atoms with Crippen molar-refractivity contribution in [1.29, 1.82) is 0 Å². The zero-order chi connectivity index (χ0) is 19.6. The number of sulfonamides is 1. The fourth-order valence-corrected chi connectivity index (χ4v) is 4.18. The lowest BCUT2D eigenvalue weighted by Crippen LogP contribution is -2.45. The number of benzene rings is 2. The number of hydrogen-bond acceptors (Lipinski definition) is 3. The Balaban J connectivity index is 2.35. The predicted molar refractivity (Wildman–Crippen MR) is 108 cm³/mol. The fourth-order valence-electron chi connectivity index (χ4n) is 2.72. The van der Waals surface area contributed by atoms with Gasteiger partial charge in [-0.15, -0.1) is 0 Å². The molecule has 0 aliphatic heterocycles. The van der Waals surface area contributed by atoms with Crippen molar-refractivity contribution in [3.05, 3.63) is 57.6 Å². The van der Waals surface area contributed by atoms with Crippen molar-refractivity contribution in [2.45, 2.75) is 26.8 Å². The van der Waals surface area contributed by atoms with E-state index in [0.29, 0.717) is 10.7 Å². The number of aryl methyl sites for hydroxylation is 2. The van der Waals surface area contributed by atoms with Gasteiger partial charge in [0.15, 0.2) is 0 Å². The molecule has 5 nitrogen and oxygen atoms in total. The second-order valence-corrected chi connectivity index (χ2v) is 8.87. The van der Waals surface area contributed by atoms with Gasteiger partial charge in [-0.05, 0) is 62.2 Å². The van der Waals surface area contributed by atoms with E-state index in [-0.39, 0.29) is 10.7 Å². The van der Waals surface area contributed by atoms with Gasteiger partial charge in [0.05, 0.1) is 22.0 Å². The number of anilines is 2. The van der Waals surface area contributed by atoms with E-state index in [1.807, 2.05) is 32.0 Å². The van der Waals surface area contributed by atoms with Crippen molar-refractivity contribution >= 4 is 50.5 Å². The molecular formula is C18H20Cl2N2O3S. The molecule has 0 heterocycles. The highest BCUT2D eigenvalue weighted by molar-refractivity contribution is 7.92. The zero-order valence-corrected chi connectivity index (χ0v) is 17.2. The maximum atomic E-state index is 12.7. The van der Waals surface area contributed by atoms with Crippen LogP contribution in [0.2, 0.25) is 10.0 Å². The molecule has 8 heteroatoms. The van der Waals surface area contributed by atoms with Gasteiger partial charge in [-0.25, -0.2) is 8.42 Å². The van der Waals surface area contributed by atoms with E-state index >= 15 is 0 Å². The Morgan fingerprint density at radius 2 is 1.62 bits per heavy atom. The first-order chi connectivity index (χ1) is 12.0. The molecule has 2 aromatic carbocycles. The Morgan fingerprint density at radius 3 is 2.12 bits per heavy atom. The van der Waals surface area contributed by atoms with Gasteiger partial charge in [0.25, 0.3) is 0 Å². The van der Waals surface area contributed by atoms with Gasteiger partial charge in [0.1, 0.15) is 6.04 Å². The Hall–Kier alpha value is -1.76. The SMILES string of the molecule is Cc1cc(C)cc(NC(=O)[C@H](C)N(c2ccc(Cl)c(Cl)c2)S(C)(=O)=O)c1. The van der Waals surface area contributed by atoms with Gasteiger partial charge in [0.2, 0.25) is 15.9 Å². The molecule has 0 aromatic heterocycles. The van der Waals surface area contributed by atoms with Crippen LogP contribution in [0, 0.1) is 13.8 Å². The monoisotopic (exact) mass is 414 g/mol. The van der Waals surface area contributed by atoms with Crippen LogP contribution in [-0.4, -0.2) is 26.6 Å². The molecule has 0 saturated carbocycles. The normalized spacial score (nSPS) is 12.5. The lowest BCUT2D eigenvalue weighted by atomic mass is 10.1. The topological polar surface area (TPSA) is 66.5 Å². The van der Waals surface area contributed by atoms with Crippen LogP contribution < -0.4 is 9.62 Å². The van der Waals surface area contributed by atoms with Crippen LogP contribution in [0.5, 0.6) is 0 Å². The Kier molecular flexibility index (Phi) is 6.21.